The van der Waals surface area contributed by atoms with Crippen molar-refractivity contribution >= 4 is 15.9 Å². The number of hydrogen-bond acceptors (Lipinski definition) is 2. The van der Waals surface area contributed by atoms with E-state index in [2.05, 4.69) is 22.9 Å². The molecule has 0 aliphatic rings. The first kappa shape index (κ1) is 11.5. The Balaban J connectivity index is 2.91. The summed E-state index contributed by atoms with van der Waals surface area (Å²) in [6.45, 7) is 4.78. The Morgan fingerprint density at radius 2 is 2.21 bits per heavy atom. The summed E-state index contributed by atoms with van der Waals surface area (Å²) < 4.78 is 6.64. The lowest BCUT2D eigenvalue weighted by molar-refractivity contribution is 0.312. The highest BCUT2D eigenvalue weighted by Crippen LogP contribution is 2.27. The predicted octanol–water partition coefficient (Wildman–Crippen LogP) is 3.26. The fourth-order valence-corrected chi connectivity index (χ4v) is 1.56. The average molecular weight is 258 g/mol. The highest BCUT2D eigenvalue weighted by molar-refractivity contribution is 9.10. The quantitative estimate of drug-likeness (QED) is 0.899. The summed E-state index contributed by atoms with van der Waals surface area (Å²) in [5.74, 6) is 0.885. The Morgan fingerprint density at radius 1 is 1.50 bits per heavy atom. The van der Waals surface area contributed by atoms with Crippen molar-refractivity contribution < 1.29 is 4.74 Å². The fraction of sp³-hybridized carbons (Fsp3) is 0.455. The van der Waals surface area contributed by atoms with Crippen molar-refractivity contribution in [3.05, 3.63) is 28.2 Å². The van der Waals surface area contributed by atoms with Crippen LogP contribution in [0.3, 0.4) is 0 Å². The summed E-state index contributed by atoms with van der Waals surface area (Å²) in [6, 6.07) is 5.96. The van der Waals surface area contributed by atoms with Gasteiger partial charge in [-0.15, -0.1) is 0 Å². The van der Waals surface area contributed by atoms with E-state index in [1.54, 1.807) is 0 Å². The lowest BCUT2D eigenvalue weighted by Crippen LogP contribution is -2.08. The zero-order valence-corrected chi connectivity index (χ0v) is 10.2. The molecule has 1 atom stereocenters. The van der Waals surface area contributed by atoms with E-state index in [4.69, 9.17) is 10.5 Å². The molecule has 2 N–H and O–H groups in total. The van der Waals surface area contributed by atoms with Gasteiger partial charge in [-0.05, 0) is 25.5 Å². The standard InChI is InChI=1S/C11H16BrNO/c1-3-6-14-11-7-9(12)4-5-10(11)8(2)13/h4-5,7-8H,3,6,13H2,1-2H3/t8-/m0/s1. The van der Waals surface area contributed by atoms with Gasteiger partial charge in [0.1, 0.15) is 5.75 Å². The van der Waals surface area contributed by atoms with Crippen molar-refractivity contribution in [1.29, 1.82) is 0 Å². The van der Waals surface area contributed by atoms with Gasteiger partial charge < -0.3 is 10.5 Å². The van der Waals surface area contributed by atoms with Crippen LogP contribution in [0.1, 0.15) is 31.9 Å². The number of nitrogens with two attached hydrogens (primary N) is 1. The van der Waals surface area contributed by atoms with E-state index >= 15 is 0 Å². The van der Waals surface area contributed by atoms with E-state index in [0.717, 1.165) is 28.8 Å². The van der Waals surface area contributed by atoms with Gasteiger partial charge in [-0.1, -0.05) is 28.9 Å². The number of halogens is 1. The zero-order valence-electron chi connectivity index (χ0n) is 8.59. The van der Waals surface area contributed by atoms with Crippen molar-refractivity contribution in [2.24, 2.45) is 5.73 Å². The van der Waals surface area contributed by atoms with E-state index < -0.39 is 0 Å². The molecule has 1 aromatic rings. The van der Waals surface area contributed by atoms with Crippen LogP contribution in [-0.4, -0.2) is 6.61 Å². The van der Waals surface area contributed by atoms with E-state index in [9.17, 15) is 0 Å². The first-order valence-corrected chi connectivity index (χ1v) is 5.62. The van der Waals surface area contributed by atoms with Crippen molar-refractivity contribution in [2.45, 2.75) is 26.3 Å². The first-order valence-electron chi connectivity index (χ1n) is 4.83. The molecule has 1 aromatic carbocycles. The lowest BCUT2D eigenvalue weighted by atomic mass is 10.1. The second kappa shape index (κ2) is 5.37. The second-order valence-corrected chi connectivity index (χ2v) is 4.23. The number of ether oxygens (including phenoxy) is 1. The van der Waals surface area contributed by atoms with Crippen LogP contribution in [0.2, 0.25) is 0 Å². The predicted molar refractivity (Wildman–Crippen MR) is 62.5 cm³/mol. The van der Waals surface area contributed by atoms with Gasteiger partial charge in [0.05, 0.1) is 6.61 Å². The van der Waals surface area contributed by atoms with Crippen molar-refractivity contribution in [1.82, 2.24) is 0 Å². The van der Waals surface area contributed by atoms with E-state index in [0.29, 0.717) is 0 Å². The number of benzene rings is 1. The molecule has 0 bridgehead atoms. The summed E-state index contributed by atoms with van der Waals surface area (Å²) in [6.07, 6.45) is 1.00. The smallest absolute Gasteiger partial charge is 0.125 e. The topological polar surface area (TPSA) is 35.2 Å². The minimum absolute atomic E-state index is 0.00922. The third-order valence-electron chi connectivity index (χ3n) is 1.93. The molecule has 3 heteroatoms. The summed E-state index contributed by atoms with van der Waals surface area (Å²) in [5, 5.41) is 0. The van der Waals surface area contributed by atoms with Crippen LogP contribution in [0.5, 0.6) is 5.75 Å². The Labute approximate surface area is 93.6 Å². The Bertz CT molecular complexity index is 299. The monoisotopic (exact) mass is 257 g/mol. The van der Waals surface area contributed by atoms with Crippen LogP contribution in [0, 0.1) is 0 Å². The maximum Gasteiger partial charge on any atom is 0.125 e. The largest absolute Gasteiger partial charge is 0.493 e. The molecule has 0 aromatic heterocycles. The molecular formula is C11H16BrNO. The molecule has 0 fully saturated rings. The molecule has 0 saturated carbocycles. The molecule has 14 heavy (non-hydrogen) atoms. The second-order valence-electron chi connectivity index (χ2n) is 3.32. The molecule has 0 heterocycles. The van der Waals surface area contributed by atoms with Crippen LogP contribution in [0.4, 0.5) is 0 Å². The number of rotatable bonds is 4. The molecule has 0 aliphatic carbocycles. The molecular weight excluding hydrogens is 242 g/mol. The van der Waals surface area contributed by atoms with Crippen molar-refractivity contribution in [2.75, 3.05) is 6.61 Å². The summed E-state index contributed by atoms with van der Waals surface area (Å²) >= 11 is 3.42. The van der Waals surface area contributed by atoms with Gasteiger partial charge in [-0.25, -0.2) is 0 Å². The molecule has 0 saturated heterocycles. The van der Waals surface area contributed by atoms with Gasteiger partial charge in [0.25, 0.3) is 0 Å². The summed E-state index contributed by atoms with van der Waals surface area (Å²) in [4.78, 5) is 0. The molecule has 1 rings (SSSR count). The molecule has 78 valence electrons. The number of hydrogen-bond donors (Lipinski definition) is 1. The van der Waals surface area contributed by atoms with Crippen LogP contribution < -0.4 is 10.5 Å². The zero-order chi connectivity index (χ0) is 10.6. The van der Waals surface area contributed by atoms with Crippen LogP contribution in [-0.2, 0) is 0 Å². The lowest BCUT2D eigenvalue weighted by Gasteiger charge is -2.13. The van der Waals surface area contributed by atoms with Crippen molar-refractivity contribution in [3.63, 3.8) is 0 Å². The third-order valence-corrected chi connectivity index (χ3v) is 2.42. The molecule has 0 amide bonds. The maximum atomic E-state index is 5.84. The average Bonchev–Trinajstić information content (AvgIpc) is 2.14. The minimum Gasteiger partial charge on any atom is -0.493 e. The van der Waals surface area contributed by atoms with Gasteiger partial charge in [0.2, 0.25) is 0 Å². The molecule has 0 unspecified atom stereocenters. The van der Waals surface area contributed by atoms with Gasteiger partial charge in [-0.3, -0.25) is 0 Å². The highest BCUT2D eigenvalue weighted by Gasteiger charge is 2.07. The molecule has 0 spiro atoms. The Kier molecular flexibility index (Phi) is 4.42. The van der Waals surface area contributed by atoms with Gasteiger partial charge in [-0.2, -0.15) is 0 Å². The van der Waals surface area contributed by atoms with Gasteiger partial charge in [0.15, 0.2) is 0 Å². The molecule has 2 nitrogen and oxygen atoms in total. The van der Waals surface area contributed by atoms with Crippen LogP contribution in [0.15, 0.2) is 22.7 Å². The molecule has 0 aliphatic heterocycles. The minimum atomic E-state index is 0.00922. The third kappa shape index (κ3) is 3.00. The van der Waals surface area contributed by atoms with E-state index in [-0.39, 0.29) is 6.04 Å². The van der Waals surface area contributed by atoms with Crippen molar-refractivity contribution in [3.8, 4) is 5.75 Å². The van der Waals surface area contributed by atoms with Crippen LogP contribution in [0.25, 0.3) is 0 Å². The van der Waals surface area contributed by atoms with Gasteiger partial charge >= 0.3 is 0 Å². The normalized spacial score (nSPS) is 12.6. The fourth-order valence-electron chi connectivity index (χ4n) is 1.22. The van der Waals surface area contributed by atoms with E-state index in [1.165, 1.54) is 0 Å². The SMILES string of the molecule is CCCOc1cc(Br)ccc1[C@H](C)N. The maximum absolute atomic E-state index is 5.84. The molecule has 0 radical (unpaired) electrons. The summed E-state index contributed by atoms with van der Waals surface area (Å²) in [7, 11) is 0. The first-order chi connectivity index (χ1) is 6.65. The van der Waals surface area contributed by atoms with Gasteiger partial charge in [0, 0.05) is 16.1 Å². The Morgan fingerprint density at radius 3 is 2.79 bits per heavy atom. The Hall–Kier alpha value is -0.540. The van der Waals surface area contributed by atoms with Crippen LogP contribution >= 0.6 is 15.9 Å². The highest BCUT2D eigenvalue weighted by atomic mass is 79.9. The summed E-state index contributed by atoms with van der Waals surface area (Å²) in [5.41, 5.74) is 6.90. The van der Waals surface area contributed by atoms with E-state index in [1.807, 2.05) is 25.1 Å².